The zero-order chi connectivity index (χ0) is 17.6. The molecule has 0 aliphatic heterocycles. The molecule has 0 aromatic heterocycles. The van der Waals surface area contributed by atoms with Gasteiger partial charge in [-0.2, -0.15) is 0 Å². The third-order valence-corrected chi connectivity index (χ3v) is 7.26. The molecule has 134 valence electrons. The highest BCUT2D eigenvalue weighted by Gasteiger charge is 2.53. The van der Waals surface area contributed by atoms with Crippen LogP contribution in [0.25, 0.3) is 6.08 Å². The summed E-state index contributed by atoms with van der Waals surface area (Å²) in [7, 11) is 3.67. The Morgan fingerprint density at radius 3 is 2.32 bits per heavy atom. The predicted molar refractivity (Wildman–Crippen MR) is 103 cm³/mol. The summed E-state index contributed by atoms with van der Waals surface area (Å²) >= 11 is 3.50. The second-order valence-electron chi connectivity index (χ2n) is 8.27. The standard InChI is InChI=1S/C21H26BrNO2/c1-23(21-11-15-7-16(12-21)9-17(8-15)13-21)20(24)6-4-14-3-5-19(25-2)18(22)10-14/h3-6,10,15-17H,7-9,11-13H2,1-2H3/b6-4-. The quantitative estimate of drug-likeness (QED) is 0.669. The van der Waals surface area contributed by atoms with Crippen LogP contribution in [0.1, 0.15) is 44.1 Å². The number of likely N-dealkylation sites (N-methyl/N-ethyl adjacent to an activating group) is 1. The van der Waals surface area contributed by atoms with E-state index < -0.39 is 0 Å². The van der Waals surface area contributed by atoms with E-state index in [1.807, 2.05) is 31.3 Å². The minimum atomic E-state index is 0.122. The fourth-order valence-electron chi connectivity index (χ4n) is 5.78. The van der Waals surface area contributed by atoms with Crippen LogP contribution in [0.15, 0.2) is 28.7 Å². The summed E-state index contributed by atoms with van der Waals surface area (Å²) in [6.07, 6.45) is 11.5. The van der Waals surface area contributed by atoms with Gasteiger partial charge in [-0.25, -0.2) is 0 Å². The van der Waals surface area contributed by atoms with E-state index in [1.54, 1.807) is 13.2 Å². The lowest BCUT2D eigenvalue weighted by Crippen LogP contribution is -2.60. The number of hydrogen-bond donors (Lipinski definition) is 0. The van der Waals surface area contributed by atoms with Crippen LogP contribution in [-0.4, -0.2) is 30.5 Å². The van der Waals surface area contributed by atoms with Crippen molar-refractivity contribution in [2.24, 2.45) is 17.8 Å². The molecule has 5 rings (SSSR count). The van der Waals surface area contributed by atoms with Crippen LogP contribution in [0.3, 0.4) is 0 Å². The fraction of sp³-hybridized carbons (Fsp3) is 0.571. The molecule has 0 heterocycles. The van der Waals surface area contributed by atoms with Crippen LogP contribution in [0.5, 0.6) is 5.75 Å². The highest BCUT2D eigenvalue weighted by molar-refractivity contribution is 9.10. The van der Waals surface area contributed by atoms with Gasteiger partial charge >= 0.3 is 0 Å². The molecule has 4 aliphatic carbocycles. The van der Waals surface area contributed by atoms with E-state index in [0.29, 0.717) is 0 Å². The molecule has 4 fully saturated rings. The van der Waals surface area contributed by atoms with Crippen molar-refractivity contribution in [2.75, 3.05) is 14.2 Å². The second kappa shape index (κ2) is 6.46. The van der Waals surface area contributed by atoms with E-state index in [-0.39, 0.29) is 11.4 Å². The third-order valence-electron chi connectivity index (χ3n) is 6.64. The van der Waals surface area contributed by atoms with Gasteiger partial charge in [-0.15, -0.1) is 0 Å². The smallest absolute Gasteiger partial charge is 0.246 e. The van der Waals surface area contributed by atoms with Crippen LogP contribution in [-0.2, 0) is 4.79 Å². The number of nitrogens with zero attached hydrogens (tertiary/aromatic N) is 1. The first kappa shape index (κ1) is 17.1. The van der Waals surface area contributed by atoms with E-state index in [1.165, 1.54) is 38.5 Å². The predicted octanol–water partition coefficient (Wildman–Crippen LogP) is 4.90. The maximum absolute atomic E-state index is 12.8. The van der Waals surface area contributed by atoms with Gasteiger partial charge in [-0.3, -0.25) is 4.79 Å². The highest BCUT2D eigenvalue weighted by atomic mass is 79.9. The summed E-state index contributed by atoms with van der Waals surface area (Å²) in [6.45, 7) is 0. The molecule has 4 heteroatoms. The highest BCUT2D eigenvalue weighted by Crippen LogP contribution is 2.57. The Hall–Kier alpha value is -1.29. The Balaban J connectivity index is 1.48. The maximum atomic E-state index is 12.8. The van der Waals surface area contributed by atoms with Crippen molar-refractivity contribution in [1.82, 2.24) is 4.90 Å². The molecule has 25 heavy (non-hydrogen) atoms. The number of carbonyl (C=O) groups excluding carboxylic acids is 1. The Kier molecular flexibility index (Phi) is 4.43. The minimum Gasteiger partial charge on any atom is -0.496 e. The Morgan fingerprint density at radius 2 is 1.80 bits per heavy atom. The lowest BCUT2D eigenvalue weighted by atomic mass is 9.52. The SMILES string of the molecule is COc1ccc(/C=C\C(=O)N(C)C23CC4CC(CC(C4)C2)C3)cc1Br. The topological polar surface area (TPSA) is 29.5 Å². The molecule has 3 nitrogen and oxygen atoms in total. The zero-order valence-electron chi connectivity index (χ0n) is 15.0. The molecule has 0 N–H and O–H groups in total. The van der Waals surface area contributed by atoms with Gasteiger partial charge in [0.15, 0.2) is 0 Å². The number of benzene rings is 1. The Morgan fingerprint density at radius 1 is 1.20 bits per heavy atom. The first-order valence-electron chi connectivity index (χ1n) is 9.28. The average Bonchev–Trinajstić information content (AvgIpc) is 2.58. The molecule has 0 saturated heterocycles. The van der Waals surface area contributed by atoms with Crippen molar-refractivity contribution >= 4 is 27.9 Å². The van der Waals surface area contributed by atoms with Crippen molar-refractivity contribution in [1.29, 1.82) is 0 Å². The van der Waals surface area contributed by atoms with Gasteiger partial charge in [0.05, 0.1) is 11.6 Å². The van der Waals surface area contributed by atoms with Crippen molar-refractivity contribution in [3.8, 4) is 5.75 Å². The number of halogens is 1. The Labute approximate surface area is 158 Å². The summed E-state index contributed by atoms with van der Waals surface area (Å²) in [6, 6.07) is 5.86. The monoisotopic (exact) mass is 403 g/mol. The third kappa shape index (κ3) is 3.14. The van der Waals surface area contributed by atoms with E-state index in [9.17, 15) is 4.79 Å². The van der Waals surface area contributed by atoms with Gasteiger partial charge in [-0.1, -0.05) is 6.07 Å². The van der Waals surface area contributed by atoms with E-state index >= 15 is 0 Å². The van der Waals surface area contributed by atoms with Crippen molar-refractivity contribution in [3.63, 3.8) is 0 Å². The molecule has 4 bridgehead atoms. The van der Waals surface area contributed by atoms with E-state index in [2.05, 4.69) is 20.8 Å². The summed E-state index contributed by atoms with van der Waals surface area (Å²) in [5.74, 6) is 3.48. The molecule has 1 aromatic rings. The first-order chi connectivity index (χ1) is 12.0. The molecular formula is C21H26BrNO2. The summed E-state index contributed by atoms with van der Waals surface area (Å²) in [5, 5.41) is 0. The van der Waals surface area contributed by atoms with Crippen molar-refractivity contribution < 1.29 is 9.53 Å². The lowest BCUT2D eigenvalue weighted by molar-refractivity contribution is -0.142. The van der Waals surface area contributed by atoms with Crippen LogP contribution >= 0.6 is 15.9 Å². The van der Waals surface area contributed by atoms with Gasteiger partial charge in [0, 0.05) is 18.7 Å². The average molecular weight is 404 g/mol. The van der Waals surface area contributed by atoms with Crippen LogP contribution in [0.4, 0.5) is 0 Å². The number of methoxy groups -OCH3 is 1. The number of amides is 1. The molecule has 1 amide bonds. The number of hydrogen-bond acceptors (Lipinski definition) is 2. The molecule has 1 aromatic carbocycles. The molecule has 0 unspecified atom stereocenters. The first-order valence-corrected chi connectivity index (χ1v) is 10.1. The van der Waals surface area contributed by atoms with E-state index in [0.717, 1.165) is 33.5 Å². The normalized spacial score (nSPS) is 33.0. The molecule has 4 aliphatic rings. The van der Waals surface area contributed by atoms with E-state index in [4.69, 9.17) is 4.74 Å². The summed E-state index contributed by atoms with van der Waals surface area (Å²) in [5.41, 5.74) is 1.12. The van der Waals surface area contributed by atoms with Crippen LogP contribution < -0.4 is 4.74 Å². The second-order valence-corrected chi connectivity index (χ2v) is 9.12. The largest absolute Gasteiger partial charge is 0.496 e. The van der Waals surface area contributed by atoms with Gasteiger partial charge in [0.25, 0.3) is 0 Å². The lowest BCUT2D eigenvalue weighted by Gasteiger charge is -2.59. The molecule has 0 spiro atoms. The van der Waals surface area contributed by atoms with Crippen molar-refractivity contribution in [2.45, 2.75) is 44.1 Å². The summed E-state index contributed by atoms with van der Waals surface area (Å²) in [4.78, 5) is 14.9. The number of rotatable bonds is 4. The van der Waals surface area contributed by atoms with Crippen LogP contribution in [0, 0.1) is 17.8 Å². The van der Waals surface area contributed by atoms with Gasteiger partial charge in [0.2, 0.25) is 5.91 Å². The maximum Gasteiger partial charge on any atom is 0.246 e. The molecule has 0 radical (unpaired) electrons. The Bertz CT molecular complexity index is 677. The number of carbonyl (C=O) groups is 1. The molecule has 4 saturated carbocycles. The zero-order valence-corrected chi connectivity index (χ0v) is 16.6. The molecular weight excluding hydrogens is 378 g/mol. The summed E-state index contributed by atoms with van der Waals surface area (Å²) < 4.78 is 6.16. The number of ether oxygens (including phenoxy) is 1. The van der Waals surface area contributed by atoms with Crippen LogP contribution in [0.2, 0.25) is 0 Å². The van der Waals surface area contributed by atoms with Gasteiger partial charge in [-0.05, 0) is 96.0 Å². The minimum absolute atomic E-state index is 0.122. The van der Waals surface area contributed by atoms with Gasteiger partial charge in [0.1, 0.15) is 5.75 Å². The molecule has 0 atom stereocenters. The van der Waals surface area contributed by atoms with Crippen molar-refractivity contribution in [3.05, 3.63) is 34.3 Å². The fourth-order valence-corrected chi connectivity index (χ4v) is 6.33. The van der Waals surface area contributed by atoms with Gasteiger partial charge < -0.3 is 9.64 Å².